The molecule has 0 fully saturated rings. The second kappa shape index (κ2) is 4.89. The molecule has 0 bridgehead atoms. The van der Waals surface area contributed by atoms with Gasteiger partial charge in [-0.2, -0.15) is 5.10 Å². The van der Waals surface area contributed by atoms with Gasteiger partial charge in [0.05, 0.1) is 5.52 Å². The molecule has 0 saturated heterocycles. The minimum atomic E-state index is -2.04. The van der Waals surface area contributed by atoms with Crippen LogP contribution in [0.25, 0.3) is 10.9 Å². The van der Waals surface area contributed by atoms with Crippen LogP contribution in [-0.4, -0.2) is 39.9 Å². The van der Waals surface area contributed by atoms with Crippen molar-refractivity contribution in [2.45, 2.75) is 12.5 Å². The van der Waals surface area contributed by atoms with Crippen LogP contribution in [0.1, 0.15) is 6.92 Å². The van der Waals surface area contributed by atoms with Crippen LogP contribution in [0.5, 0.6) is 0 Å². The fourth-order valence-corrected chi connectivity index (χ4v) is 1.59. The van der Waals surface area contributed by atoms with Gasteiger partial charge in [-0.3, -0.25) is 9.89 Å². The summed E-state index contributed by atoms with van der Waals surface area (Å²) in [6, 6.07) is 3.85. The number of carbonyl (C=O) groups excluding carboxylic acids is 1. The van der Waals surface area contributed by atoms with Gasteiger partial charge in [0.15, 0.2) is 5.82 Å². The first-order valence-electron chi connectivity index (χ1n) is 5.62. The molecule has 1 heterocycles. The Labute approximate surface area is 112 Å². The number of ether oxygens (including phenoxy) is 1. The standard InChI is InChI=1S/C12H12FN3O4/c1-12(20-2,11(18)19)10(17)14-9-7-4-3-6(13)5-8(7)15-16-9/h3-5H,1-2H3,(H,18,19)(H2,14,15,16,17). The molecule has 2 rings (SSSR count). The number of aliphatic carboxylic acids is 1. The lowest BCUT2D eigenvalue weighted by molar-refractivity contribution is -0.165. The summed E-state index contributed by atoms with van der Waals surface area (Å²) in [7, 11) is 1.12. The maximum absolute atomic E-state index is 13.0. The zero-order chi connectivity index (χ0) is 14.9. The van der Waals surface area contributed by atoms with Crippen molar-refractivity contribution in [3.05, 3.63) is 24.0 Å². The maximum atomic E-state index is 13.0. The lowest BCUT2D eigenvalue weighted by Gasteiger charge is -2.21. The summed E-state index contributed by atoms with van der Waals surface area (Å²) in [5.41, 5.74) is -1.65. The highest BCUT2D eigenvalue weighted by molar-refractivity contribution is 6.12. The summed E-state index contributed by atoms with van der Waals surface area (Å²) in [5.74, 6) is -2.66. The minimum Gasteiger partial charge on any atom is -0.479 e. The molecular formula is C12H12FN3O4. The number of amides is 1. The van der Waals surface area contributed by atoms with E-state index in [0.29, 0.717) is 10.9 Å². The molecule has 3 N–H and O–H groups in total. The van der Waals surface area contributed by atoms with E-state index >= 15 is 0 Å². The molecule has 0 radical (unpaired) electrons. The third kappa shape index (κ3) is 2.21. The van der Waals surface area contributed by atoms with Crippen molar-refractivity contribution in [1.82, 2.24) is 10.2 Å². The van der Waals surface area contributed by atoms with E-state index in [0.717, 1.165) is 14.0 Å². The molecule has 8 heteroatoms. The molecule has 106 valence electrons. The van der Waals surface area contributed by atoms with Gasteiger partial charge in [0.25, 0.3) is 5.91 Å². The quantitative estimate of drug-likeness (QED) is 0.729. The number of H-pyrrole nitrogens is 1. The number of anilines is 1. The largest absolute Gasteiger partial charge is 0.479 e. The number of halogens is 1. The first kappa shape index (κ1) is 13.9. The summed E-state index contributed by atoms with van der Waals surface area (Å²) < 4.78 is 17.8. The zero-order valence-corrected chi connectivity index (χ0v) is 10.7. The average Bonchev–Trinajstić information content (AvgIpc) is 2.79. The summed E-state index contributed by atoms with van der Waals surface area (Å²) in [6.45, 7) is 1.12. The maximum Gasteiger partial charge on any atom is 0.345 e. The summed E-state index contributed by atoms with van der Waals surface area (Å²) in [4.78, 5) is 23.0. The highest BCUT2D eigenvalue weighted by Gasteiger charge is 2.42. The number of nitrogens with zero attached hydrogens (tertiary/aromatic N) is 1. The molecule has 1 aromatic heterocycles. The normalized spacial score (nSPS) is 13.9. The Morgan fingerprint density at radius 1 is 1.50 bits per heavy atom. The van der Waals surface area contributed by atoms with Gasteiger partial charge in [0.2, 0.25) is 5.60 Å². The molecule has 1 unspecified atom stereocenters. The van der Waals surface area contributed by atoms with Crippen molar-refractivity contribution in [2.75, 3.05) is 12.4 Å². The van der Waals surface area contributed by atoms with Crippen LogP contribution < -0.4 is 5.32 Å². The van der Waals surface area contributed by atoms with Gasteiger partial charge in [-0.25, -0.2) is 9.18 Å². The number of benzene rings is 1. The zero-order valence-electron chi connectivity index (χ0n) is 10.7. The van der Waals surface area contributed by atoms with E-state index < -0.39 is 23.3 Å². The smallest absolute Gasteiger partial charge is 0.345 e. The average molecular weight is 281 g/mol. The number of rotatable bonds is 4. The van der Waals surface area contributed by atoms with E-state index in [1.807, 2.05) is 0 Å². The summed E-state index contributed by atoms with van der Waals surface area (Å²) in [6.07, 6.45) is 0. The van der Waals surface area contributed by atoms with E-state index in [9.17, 15) is 14.0 Å². The van der Waals surface area contributed by atoms with Crippen LogP contribution >= 0.6 is 0 Å². The molecular weight excluding hydrogens is 269 g/mol. The third-order valence-electron chi connectivity index (χ3n) is 3.01. The minimum absolute atomic E-state index is 0.106. The third-order valence-corrected chi connectivity index (χ3v) is 3.01. The Kier molecular flexibility index (Phi) is 3.41. The van der Waals surface area contributed by atoms with Crippen LogP contribution in [0.4, 0.5) is 10.2 Å². The number of aromatic nitrogens is 2. The van der Waals surface area contributed by atoms with E-state index in [-0.39, 0.29) is 5.82 Å². The number of aromatic amines is 1. The molecule has 0 spiro atoms. The molecule has 2 aromatic rings. The van der Waals surface area contributed by atoms with Crippen LogP contribution in [0.15, 0.2) is 18.2 Å². The first-order chi connectivity index (χ1) is 9.38. The van der Waals surface area contributed by atoms with Crippen molar-refractivity contribution in [1.29, 1.82) is 0 Å². The van der Waals surface area contributed by atoms with Gasteiger partial charge < -0.3 is 15.2 Å². The lowest BCUT2D eigenvalue weighted by atomic mass is 10.1. The summed E-state index contributed by atoms with van der Waals surface area (Å²) >= 11 is 0. The Morgan fingerprint density at radius 2 is 2.20 bits per heavy atom. The number of carboxylic acids is 1. The first-order valence-corrected chi connectivity index (χ1v) is 5.62. The predicted octanol–water partition coefficient (Wildman–Crippen LogP) is 1.13. The van der Waals surface area contributed by atoms with Crippen molar-refractivity contribution < 1.29 is 23.8 Å². The number of carbonyl (C=O) groups is 2. The Morgan fingerprint density at radius 3 is 2.80 bits per heavy atom. The molecule has 0 saturated carbocycles. The van der Waals surface area contributed by atoms with Crippen LogP contribution in [0.3, 0.4) is 0 Å². The van der Waals surface area contributed by atoms with Crippen molar-refractivity contribution >= 4 is 28.6 Å². The van der Waals surface area contributed by atoms with Crippen LogP contribution in [0, 0.1) is 5.82 Å². The van der Waals surface area contributed by atoms with Gasteiger partial charge in [-0.15, -0.1) is 0 Å². The second-order valence-electron chi connectivity index (χ2n) is 4.26. The number of hydrogen-bond acceptors (Lipinski definition) is 4. The van der Waals surface area contributed by atoms with E-state index in [2.05, 4.69) is 15.5 Å². The van der Waals surface area contributed by atoms with Crippen molar-refractivity contribution in [3.8, 4) is 0 Å². The summed E-state index contributed by atoms with van der Waals surface area (Å²) in [5, 5.41) is 18.2. The van der Waals surface area contributed by atoms with Crippen LogP contribution in [-0.2, 0) is 14.3 Å². The topological polar surface area (TPSA) is 104 Å². The Hall–Kier alpha value is -2.48. The van der Waals surface area contributed by atoms with Gasteiger partial charge in [0.1, 0.15) is 5.82 Å². The molecule has 7 nitrogen and oxygen atoms in total. The molecule has 1 aromatic carbocycles. The molecule has 0 aliphatic carbocycles. The van der Waals surface area contributed by atoms with Gasteiger partial charge in [-0.05, 0) is 25.1 Å². The van der Waals surface area contributed by atoms with Gasteiger partial charge >= 0.3 is 5.97 Å². The van der Waals surface area contributed by atoms with Gasteiger partial charge in [-0.1, -0.05) is 0 Å². The SMILES string of the molecule is COC(C)(C(=O)O)C(=O)Nc1n[nH]c2cc(F)ccc12. The fraction of sp³-hybridized carbons (Fsp3) is 0.250. The van der Waals surface area contributed by atoms with E-state index in [1.54, 1.807) is 0 Å². The Balaban J connectivity index is 2.33. The number of methoxy groups -OCH3 is 1. The molecule has 1 atom stereocenters. The fourth-order valence-electron chi connectivity index (χ4n) is 1.59. The number of hydrogen-bond donors (Lipinski definition) is 3. The molecule has 20 heavy (non-hydrogen) atoms. The van der Waals surface area contributed by atoms with Crippen molar-refractivity contribution in [3.63, 3.8) is 0 Å². The lowest BCUT2D eigenvalue weighted by Crippen LogP contribution is -2.48. The second-order valence-corrected chi connectivity index (χ2v) is 4.26. The van der Waals surface area contributed by atoms with E-state index in [1.165, 1.54) is 18.2 Å². The van der Waals surface area contributed by atoms with Crippen molar-refractivity contribution in [2.24, 2.45) is 0 Å². The van der Waals surface area contributed by atoms with Crippen LogP contribution in [0.2, 0.25) is 0 Å². The number of carboxylic acid groups (broad SMARTS) is 1. The molecule has 0 aliphatic rings. The Bertz CT molecular complexity index is 684. The molecule has 0 aliphatic heterocycles. The predicted molar refractivity (Wildman–Crippen MR) is 67.7 cm³/mol. The highest BCUT2D eigenvalue weighted by atomic mass is 19.1. The van der Waals surface area contributed by atoms with E-state index in [4.69, 9.17) is 9.84 Å². The number of fused-ring (bicyclic) bond motifs is 1. The number of nitrogens with one attached hydrogen (secondary N) is 2. The monoisotopic (exact) mass is 281 g/mol. The molecule has 1 amide bonds. The van der Waals surface area contributed by atoms with Gasteiger partial charge in [0, 0.05) is 12.5 Å². The highest BCUT2D eigenvalue weighted by Crippen LogP contribution is 2.22.